The molecule has 1 unspecified atom stereocenters. The third kappa shape index (κ3) is 2.97. The molecule has 124 valence electrons. The Morgan fingerprint density at radius 2 is 2.17 bits per heavy atom. The van der Waals surface area contributed by atoms with Gasteiger partial charge in [0.1, 0.15) is 6.10 Å². The van der Waals surface area contributed by atoms with Crippen molar-refractivity contribution in [3.63, 3.8) is 0 Å². The molecule has 1 N–H and O–H groups in total. The molecule has 0 saturated carbocycles. The lowest BCUT2D eigenvalue weighted by atomic mass is 10.2. The summed E-state index contributed by atoms with van der Waals surface area (Å²) in [6.45, 7) is 8.93. The van der Waals surface area contributed by atoms with Gasteiger partial charge < -0.3 is 14.8 Å². The molecule has 0 radical (unpaired) electrons. The van der Waals surface area contributed by atoms with Crippen LogP contribution in [0.2, 0.25) is 0 Å². The minimum Gasteiger partial charge on any atom is -0.379 e. The summed E-state index contributed by atoms with van der Waals surface area (Å²) in [7, 11) is 0. The Hall–Kier alpha value is -1.54. The van der Waals surface area contributed by atoms with Crippen molar-refractivity contribution in [2.75, 3.05) is 46.0 Å². The lowest BCUT2D eigenvalue weighted by Crippen LogP contribution is -2.35. The van der Waals surface area contributed by atoms with Crippen LogP contribution in [-0.2, 0) is 16.0 Å². The molecule has 2 saturated heterocycles. The van der Waals surface area contributed by atoms with Gasteiger partial charge in [0.2, 0.25) is 0 Å². The summed E-state index contributed by atoms with van der Waals surface area (Å²) >= 11 is 0. The number of hydrogen-bond donors (Lipinski definition) is 1. The number of aryl methyl sites for hydroxylation is 1. The standard InChI is InChI=1S/C16H23N5O2/c1-12-13(11-20-5-8-22-9-6-20)16-18-3-2-14(21(16)19-12)15-10-17-4-7-23-15/h2-3,15,17H,4-11H2,1H3. The second-order valence-electron chi connectivity index (χ2n) is 6.12. The summed E-state index contributed by atoms with van der Waals surface area (Å²) in [5, 5.41) is 8.12. The molecule has 2 aliphatic heterocycles. The highest BCUT2D eigenvalue weighted by Crippen LogP contribution is 2.23. The Bertz CT molecular complexity index is 674. The molecule has 4 heterocycles. The van der Waals surface area contributed by atoms with Crippen LogP contribution in [0.15, 0.2) is 12.3 Å². The first-order valence-corrected chi connectivity index (χ1v) is 8.28. The number of nitrogens with zero attached hydrogens (tertiary/aromatic N) is 4. The van der Waals surface area contributed by atoms with Gasteiger partial charge in [0, 0.05) is 44.5 Å². The Morgan fingerprint density at radius 1 is 1.30 bits per heavy atom. The zero-order chi connectivity index (χ0) is 15.6. The molecule has 0 spiro atoms. The number of hydrogen-bond acceptors (Lipinski definition) is 6. The molecule has 2 fully saturated rings. The summed E-state index contributed by atoms with van der Waals surface area (Å²) in [5.41, 5.74) is 4.26. The predicted octanol–water partition coefficient (Wildman–Crippen LogP) is 0.531. The van der Waals surface area contributed by atoms with E-state index in [9.17, 15) is 0 Å². The molecule has 0 amide bonds. The van der Waals surface area contributed by atoms with Gasteiger partial charge in [-0.15, -0.1) is 0 Å². The minimum atomic E-state index is 0.0322. The SMILES string of the molecule is Cc1nn2c(C3CNCCO3)ccnc2c1CN1CCOCC1. The van der Waals surface area contributed by atoms with Crippen LogP contribution in [0.25, 0.3) is 5.65 Å². The molecule has 0 aliphatic carbocycles. The van der Waals surface area contributed by atoms with Crippen molar-refractivity contribution < 1.29 is 9.47 Å². The van der Waals surface area contributed by atoms with Gasteiger partial charge in [-0.25, -0.2) is 9.50 Å². The molecule has 7 heteroatoms. The first-order chi connectivity index (χ1) is 11.3. The molecule has 0 aromatic carbocycles. The lowest BCUT2D eigenvalue weighted by Gasteiger charge is -2.26. The van der Waals surface area contributed by atoms with Gasteiger partial charge in [0.05, 0.1) is 31.2 Å². The topological polar surface area (TPSA) is 63.9 Å². The van der Waals surface area contributed by atoms with Crippen LogP contribution >= 0.6 is 0 Å². The molecule has 7 nitrogen and oxygen atoms in total. The zero-order valence-corrected chi connectivity index (χ0v) is 13.5. The van der Waals surface area contributed by atoms with E-state index in [2.05, 4.69) is 22.1 Å². The average molecular weight is 317 g/mol. The van der Waals surface area contributed by atoms with E-state index >= 15 is 0 Å². The maximum absolute atomic E-state index is 5.89. The van der Waals surface area contributed by atoms with Gasteiger partial charge in [-0.1, -0.05) is 0 Å². The number of ether oxygens (including phenoxy) is 2. The molecule has 2 aromatic heterocycles. The molecule has 2 aromatic rings. The second kappa shape index (κ2) is 6.52. The van der Waals surface area contributed by atoms with Crippen LogP contribution in [0.4, 0.5) is 0 Å². The Morgan fingerprint density at radius 3 is 2.96 bits per heavy atom. The van der Waals surface area contributed by atoms with Gasteiger partial charge in [0.15, 0.2) is 5.65 Å². The van der Waals surface area contributed by atoms with Crippen molar-refractivity contribution in [1.82, 2.24) is 24.8 Å². The Kier molecular flexibility index (Phi) is 4.26. The molecule has 2 aliphatic rings. The van der Waals surface area contributed by atoms with Gasteiger partial charge in [-0.3, -0.25) is 4.90 Å². The second-order valence-corrected chi connectivity index (χ2v) is 6.12. The molecule has 0 bridgehead atoms. The van der Waals surface area contributed by atoms with Gasteiger partial charge in [-0.05, 0) is 13.0 Å². The van der Waals surface area contributed by atoms with Crippen LogP contribution in [0, 0.1) is 6.92 Å². The quantitative estimate of drug-likeness (QED) is 0.891. The van der Waals surface area contributed by atoms with E-state index in [1.807, 2.05) is 16.8 Å². The maximum atomic E-state index is 5.89. The Labute approximate surface area is 135 Å². The largest absolute Gasteiger partial charge is 0.379 e. The van der Waals surface area contributed by atoms with Gasteiger partial charge >= 0.3 is 0 Å². The third-order valence-electron chi connectivity index (χ3n) is 4.59. The first kappa shape index (κ1) is 15.0. The monoisotopic (exact) mass is 317 g/mol. The minimum absolute atomic E-state index is 0.0322. The van der Waals surface area contributed by atoms with Crippen molar-refractivity contribution in [2.45, 2.75) is 19.6 Å². The van der Waals surface area contributed by atoms with E-state index in [-0.39, 0.29) is 6.10 Å². The highest BCUT2D eigenvalue weighted by atomic mass is 16.5. The van der Waals surface area contributed by atoms with Crippen molar-refractivity contribution in [3.05, 3.63) is 29.2 Å². The number of morpholine rings is 2. The fourth-order valence-electron chi connectivity index (χ4n) is 3.28. The lowest BCUT2D eigenvalue weighted by molar-refractivity contribution is 0.0236. The van der Waals surface area contributed by atoms with Crippen LogP contribution < -0.4 is 5.32 Å². The fourth-order valence-corrected chi connectivity index (χ4v) is 3.28. The highest BCUT2D eigenvalue weighted by molar-refractivity contribution is 5.50. The summed E-state index contributed by atoms with van der Waals surface area (Å²) in [4.78, 5) is 6.99. The van der Waals surface area contributed by atoms with Crippen LogP contribution in [0.3, 0.4) is 0 Å². The summed E-state index contributed by atoms with van der Waals surface area (Å²) in [6.07, 6.45) is 1.90. The van der Waals surface area contributed by atoms with Crippen molar-refractivity contribution >= 4 is 5.65 Å². The highest BCUT2D eigenvalue weighted by Gasteiger charge is 2.22. The van der Waals surface area contributed by atoms with Crippen molar-refractivity contribution in [2.24, 2.45) is 0 Å². The fraction of sp³-hybridized carbons (Fsp3) is 0.625. The first-order valence-electron chi connectivity index (χ1n) is 8.28. The van der Waals surface area contributed by atoms with E-state index in [0.29, 0.717) is 0 Å². The average Bonchev–Trinajstić information content (AvgIpc) is 2.92. The molecular formula is C16H23N5O2. The zero-order valence-electron chi connectivity index (χ0n) is 13.5. The van der Waals surface area contributed by atoms with Crippen LogP contribution in [0.5, 0.6) is 0 Å². The van der Waals surface area contributed by atoms with E-state index in [0.717, 1.165) is 69.6 Å². The predicted molar refractivity (Wildman–Crippen MR) is 85.4 cm³/mol. The van der Waals surface area contributed by atoms with Crippen LogP contribution in [0.1, 0.15) is 23.1 Å². The summed E-state index contributed by atoms with van der Waals surface area (Å²) in [5.74, 6) is 0. The van der Waals surface area contributed by atoms with Crippen LogP contribution in [-0.4, -0.2) is 65.5 Å². The molecule has 4 rings (SSSR count). The van der Waals surface area contributed by atoms with Gasteiger partial charge in [0.25, 0.3) is 0 Å². The third-order valence-corrected chi connectivity index (χ3v) is 4.59. The van der Waals surface area contributed by atoms with Crippen molar-refractivity contribution in [1.29, 1.82) is 0 Å². The number of rotatable bonds is 3. The van der Waals surface area contributed by atoms with E-state index in [4.69, 9.17) is 14.6 Å². The van der Waals surface area contributed by atoms with E-state index in [1.54, 1.807) is 0 Å². The van der Waals surface area contributed by atoms with E-state index in [1.165, 1.54) is 5.56 Å². The summed E-state index contributed by atoms with van der Waals surface area (Å²) in [6, 6.07) is 2.01. The number of fused-ring (bicyclic) bond motifs is 1. The number of aromatic nitrogens is 3. The van der Waals surface area contributed by atoms with E-state index < -0.39 is 0 Å². The normalized spacial score (nSPS) is 23.4. The smallest absolute Gasteiger partial charge is 0.160 e. The Balaban J connectivity index is 1.67. The number of nitrogens with one attached hydrogen (secondary N) is 1. The molecule has 1 atom stereocenters. The van der Waals surface area contributed by atoms with Crippen molar-refractivity contribution in [3.8, 4) is 0 Å². The maximum Gasteiger partial charge on any atom is 0.160 e. The molecule has 23 heavy (non-hydrogen) atoms. The summed E-state index contributed by atoms with van der Waals surface area (Å²) < 4.78 is 13.3. The van der Waals surface area contributed by atoms with Gasteiger partial charge in [-0.2, -0.15) is 5.10 Å². The molecular weight excluding hydrogens is 294 g/mol.